The molecule has 1 amide bonds. The van der Waals surface area contributed by atoms with Crippen molar-refractivity contribution in [3.05, 3.63) is 48.3 Å². The number of nitrogens with zero attached hydrogens (tertiary/aromatic N) is 2. The quantitative estimate of drug-likeness (QED) is 0.850. The first kappa shape index (κ1) is 16.1. The van der Waals surface area contributed by atoms with Crippen molar-refractivity contribution in [3.8, 4) is 5.75 Å². The molecule has 1 aliphatic rings. The summed E-state index contributed by atoms with van der Waals surface area (Å²) in [5.74, 6) is 0.924. The number of primary amides is 1. The lowest BCUT2D eigenvalue weighted by Crippen LogP contribution is -2.23. The van der Waals surface area contributed by atoms with Gasteiger partial charge in [-0.05, 0) is 36.6 Å². The fraction of sp³-hybridized carbons (Fsp3) is 0.333. The lowest BCUT2D eigenvalue weighted by atomic mass is 10.1. The van der Waals surface area contributed by atoms with Crippen molar-refractivity contribution in [2.75, 3.05) is 37.0 Å². The first-order chi connectivity index (χ1) is 11.7. The highest BCUT2D eigenvalue weighted by atomic mass is 16.5. The van der Waals surface area contributed by atoms with Gasteiger partial charge in [0, 0.05) is 31.5 Å². The zero-order valence-corrected chi connectivity index (χ0v) is 13.7. The van der Waals surface area contributed by atoms with E-state index in [-0.39, 0.29) is 5.69 Å². The molecule has 1 fully saturated rings. The van der Waals surface area contributed by atoms with E-state index < -0.39 is 5.91 Å². The molecule has 126 valence electrons. The zero-order chi connectivity index (χ0) is 16.9. The van der Waals surface area contributed by atoms with Crippen molar-refractivity contribution in [2.45, 2.75) is 6.42 Å². The van der Waals surface area contributed by atoms with E-state index in [2.05, 4.69) is 21.3 Å². The first-order valence-corrected chi connectivity index (χ1v) is 8.05. The number of para-hydroxylation sites is 2. The summed E-state index contributed by atoms with van der Waals surface area (Å²) < 4.78 is 5.45. The van der Waals surface area contributed by atoms with Crippen LogP contribution in [0.5, 0.6) is 5.75 Å². The molecule has 3 N–H and O–H groups in total. The molecule has 1 atom stereocenters. The van der Waals surface area contributed by atoms with Crippen molar-refractivity contribution in [2.24, 2.45) is 11.7 Å². The van der Waals surface area contributed by atoms with Crippen molar-refractivity contribution >= 4 is 17.3 Å². The van der Waals surface area contributed by atoms with Crippen LogP contribution in [0.1, 0.15) is 16.9 Å². The number of hydrogen-bond donors (Lipinski definition) is 2. The average molecular weight is 326 g/mol. The summed E-state index contributed by atoms with van der Waals surface area (Å²) >= 11 is 0. The molecule has 6 heteroatoms. The van der Waals surface area contributed by atoms with E-state index in [4.69, 9.17) is 10.5 Å². The molecule has 1 aliphatic heterocycles. The number of benzene rings is 1. The third-order valence-electron chi connectivity index (χ3n) is 4.32. The monoisotopic (exact) mass is 326 g/mol. The Bertz CT molecular complexity index is 720. The van der Waals surface area contributed by atoms with Crippen LogP contribution in [0.4, 0.5) is 11.4 Å². The average Bonchev–Trinajstić information content (AvgIpc) is 3.09. The highest BCUT2D eigenvalue weighted by Crippen LogP contribution is 2.32. The Morgan fingerprint density at radius 2 is 2.25 bits per heavy atom. The van der Waals surface area contributed by atoms with Crippen molar-refractivity contribution in [1.29, 1.82) is 0 Å². The van der Waals surface area contributed by atoms with Crippen LogP contribution in [0.3, 0.4) is 0 Å². The number of aromatic nitrogens is 1. The number of nitrogens with two attached hydrogens (primary N) is 1. The molecule has 0 radical (unpaired) electrons. The molecule has 0 aliphatic carbocycles. The van der Waals surface area contributed by atoms with Gasteiger partial charge in [-0.1, -0.05) is 12.1 Å². The van der Waals surface area contributed by atoms with Crippen molar-refractivity contribution < 1.29 is 9.53 Å². The Morgan fingerprint density at radius 1 is 1.42 bits per heavy atom. The summed E-state index contributed by atoms with van der Waals surface area (Å²) in [7, 11) is 1.70. The van der Waals surface area contributed by atoms with Gasteiger partial charge in [0.05, 0.1) is 12.8 Å². The third-order valence-corrected chi connectivity index (χ3v) is 4.32. The summed E-state index contributed by atoms with van der Waals surface area (Å²) in [4.78, 5) is 17.5. The lowest BCUT2D eigenvalue weighted by Gasteiger charge is -2.21. The van der Waals surface area contributed by atoms with Gasteiger partial charge in [0.2, 0.25) is 0 Å². The number of methoxy groups -OCH3 is 1. The van der Waals surface area contributed by atoms with E-state index in [1.54, 1.807) is 19.4 Å². The van der Waals surface area contributed by atoms with Gasteiger partial charge < -0.3 is 20.7 Å². The van der Waals surface area contributed by atoms with E-state index >= 15 is 0 Å². The number of carbonyl (C=O) groups excluding carboxylic acids is 1. The Morgan fingerprint density at radius 3 is 3.04 bits per heavy atom. The van der Waals surface area contributed by atoms with Crippen LogP contribution in [0.15, 0.2) is 42.6 Å². The van der Waals surface area contributed by atoms with Crippen molar-refractivity contribution in [1.82, 2.24) is 4.98 Å². The van der Waals surface area contributed by atoms with Gasteiger partial charge in [-0.2, -0.15) is 0 Å². The maximum absolute atomic E-state index is 11.2. The zero-order valence-electron chi connectivity index (χ0n) is 13.7. The number of anilines is 2. The van der Waals surface area contributed by atoms with Crippen LogP contribution < -0.4 is 20.7 Å². The number of hydrogen-bond acceptors (Lipinski definition) is 5. The second-order valence-electron chi connectivity index (χ2n) is 5.95. The summed E-state index contributed by atoms with van der Waals surface area (Å²) in [6, 6.07) is 11.6. The van der Waals surface area contributed by atoms with Crippen LogP contribution >= 0.6 is 0 Å². The predicted molar refractivity (Wildman–Crippen MR) is 94.6 cm³/mol. The molecule has 0 saturated carbocycles. The molecule has 3 rings (SSSR count). The topological polar surface area (TPSA) is 80.5 Å². The molecule has 0 bridgehead atoms. The molecule has 2 heterocycles. The Balaban J connectivity index is 1.59. The van der Waals surface area contributed by atoms with E-state index in [9.17, 15) is 4.79 Å². The van der Waals surface area contributed by atoms with Crippen LogP contribution in [0, 0.1) is 5.92 Å². The van der Waals surface area contributed by atoms with E-state index in [0.717, 1.165) is 43.2 Å². The number of carbonyl (C=O) groups is 1. The van der Waals surface area contributed by atoms with Crippen LogP contribution in [-0.4, -0.2) is 37.6 Å². The van der Waals surface area contributed by atoms with Crippen LogP contribution in [0.25, 0.3) is 0 Å². The second kappa shape index (κ2) is 7.21. The highest BCUT2D eigenvalue weighted by molar-refractivity contribution is 5.91. The second-order valence-corrected chi connectivity index (χ2v) is 5.95. The minimum absolute atomic E-state index is 0.280. The van der Waals surface area contributed by atoms with Crippen LogP contribution in [0.2, 0.25) is 0 Å². The van der Waals surface area contributed by atoms with Gasteiger partial charge in [-0.3, -0.25) is 9.78 Å². The largest absolute Gasteiger partial charge is 0.495 e. The van der Waals surface area contributed by atoms with E-state index in [0.29, 0.717) is 5.92 Å². The standard InChI is InChI=1S/C18H22N4O2/c1-24-17-5-3-2-4-16(17)22-9-7-13(12-22)11-21-14-6-8-20-15(10-14)18(19)23/h2-6,8,10,13H,7,9,11-12H2,1H3,(H2,19,23)(H,20,21). The molecule has 6 nitrogen and oxygen atoms in total. The number of nitrogens with one attached hydrogen (secondary N) is 1. The highest BCUT2D eigenvalue weighted by Gasteiger charge is 2.24. The summed E-state index contributed by atoms with van der Waals surface area (Å²) in [6.45, 7) is 2.82. The van der Waals surface area contributed by atoms with Crippen LogP contribution in [-0.2, 0) is 0 Å². The maximum atomic E-state index is 11.2. The minimum atomic E-state index is -0.512. The molecule has 1 aromatic carbocycles. The summed E-state index contributed by atoms with van der Waals surface area (Å²) in [5.41, 5.74) is 7.55. The Kier molecular flexibility index (Phi) is 4.84. The number of ether oxygens (including phenoxy) is 1. The number of pyridine rings is 1. The third kappa shape index (κ3) is 3.59. The molecular weight excluding hydrogens is 304 g/mol. The number of rotatable bonds is 6. The molecule has 1 aromatic heterocycles. The Hall–Kier alpha value is -2.76. The van der Waals surface area contributed by atoms with Crippen molar-refractivity contribution in [3.63, 3.8) is 0 Å². The summed E-state index contributed by atoms with van der Waals surface area (Å²) in [5, 5.41) is 3.38. The van der Waals surface area contributed by atoms with E-state index in [1.807, 2.05) is 24.3 Å². The molecule has 0 spiro atoms. The molecular formula is C18H22N4O2. The van der Waals surface area contributed by atoms with E-state index in [1.165, 1.54) is 0 Å². The lowest BCUT2D eigenvalue weighted by molar-refractivity contribution is 0.0995. The fourth-order valence-corrected chi connectivity index (χ4v) is 3.05. The minimum Gasteiger partial charge on any atom is -0.495 e. The SMILES string of the molecule is COc1ccccc1N1CCC(CNc2ccnc(C(N)=O)c2)C1. The maximum Gasteiger partial charge on any atom is 0.267 e. The van der Waals surface area contributed by atoms with Gasteiger partial charge in [0.1, 0.15) is 11.4 Å². The van der Waals surface area contributed by atoms with Gasteiger partial charge in [-0.15, -0.1) is 0 Å². The molecule has 1 saturated heterocycles. The normalized spacial score (nSPS) is 16.9. The fourth-order valence-electron chi connectivity index (χ4n) is 3.05. The molecule has 24 heavy (non-hydrogen) atoms. The predicted octanol–water partition coefficient (Wildman–Crippen LogP) is 2.13. The number of amides is 1. The molecule has 2 aromatic rings. The van der Waals surface area contributed by atoms with Gasteiger partial charge in [0.25, 0.3) is 5.91 Å². The summed E-state index contributed by atoms with van der Waals surface area (Å²) in [6.07, 6.45) is 2.71. The van der Waals surface area contributed by atoms with Gasteiger partial charge in [0.15, 0.2) is 0 Å². The van der Waals surface area contributed by atoms with Gasteiger partial charge in [-0.25, -0.2) is 0 Å². The smallest absolute Gasteiger partial charge is 0.267 e. The Labute approximate surface area is 141 Å². The van der Waals surface area contributed by atoms with Gasteiger partial charge >= 0.3 is 0 Å². The first-order valence-electron chi connectivity index (χ1n) is 8.05. The molecule has 1 unspecified atom stereocenters.